The lowest BCUT2D eigenvalue weighted by atomic mass is 10.1. The maximum atomic E-state index is 11.3. The van der Waals surface area contributed by atoms with Crippen molar-refractivity contribution in [3.8, 4) is 0 Å². The van der Waals surface area contributed by atoms with Gasteiger partial charge in [0.05, 0.1) is 27.2 Å². The van der Waals surface area contributed by atoms with Crippen LogP contribution in [0.2, 0.25) is 10.0 Å². The van der Waals surface area contributed by atoms with Crippen LogP contribution in [0.15, 0.2) is 12.1 Å². The van der Waals surface area contributed by atoms with Crippen LogP contribution in [-0.4, -0.2) is 11.7 Å². The van der Waals surface area contributed by atoms with Crippen molar-refractivity contribution >= 4 is 46.3 Å². The predicted octanol–water partition coefficient (Wildman–Crippen LogP) is 3.00. The van der Waals surface area contributed by atoms with Crippen molar-refractivity contribution in [2.75, 3.05) is 11.6 Å². The zero-order valence-corrected chi connectivity index (χ0v) is 8.75. The number of anilines is 1. The molecule has 0 saturated carbocycles. The molecule has 0 saturated heterocycles. The van der Waals surface area contributed by atoms with E-state index < -0.39 is 0 Å². The second-order valence-electron chi connectivity index (χ2n) is 2.37. The summed E-state index contributed by atoms with van der Waals surface area (Å²) in [5.74, 6) is -0.490. The summed E-state index contributed by atoms with van der Waals surface area (Å²) < 4.78 is 0. The van der Waals surface area contributed by atoms with Gasteiger partial charge in [0.25, 0.3) is 0 Å². The van der Waals surface area contributed by atoms with Gasteiger partial charge in [-0.2, -0.15) is 0 Å². The lowest BCUT2D eigenvalue weighted by Gasteiger charge is -2.06. The highest BCUT2D eigenvalue weighted by Gasteiger charge is 2.14. The van der Waals surface area contributed by atoms with Gasteiger partial charge in [0.2, 0.25) is 0 Å². The summed E-state index contributed by atoms with van der Waals surface area (Å²) in [5.41, 5.74) is 5.94. The van der Waals surface area contributed by atoms with E-state index in [-0.39, 0.29) is 27.9 Å². The van der Waals surface area contributed by atoms with E-state index in [0.29, 0.717) is 5.02 Å². The van der Waals surface area contributed by atoms with Gasteiger partial charge in [-0.25, -0.2) is 0 Å². The first-order valence-corrected chi connectivity index (χ1v) is 4.69. The van der Waals surface area contributed by atoms with Crippen molar-refractivity contribution in [1.29, 1.82) is 0 Å². The molecule has 2 N–H and O–H groups in total. The summed E-state index contributed by atoms with van der Waals surface area (Å²) in [7, 11) is 0. The Hall–Kier alpha value is -0.440. The van der Waals surface area contributed by atoms with Crippen LogP contribution in [0, 0.1) is 0 Å². The third kappa shape index (κ3) is 2.08. The average Bonchev–Trinajstić information content (AvgIpc) is 2.12. The van der Waals surface area contributed by atoms with Gasteiger partial charge in [0.1, 0.15) is 0 Å². The molecule has 1 aromatic rings. The maximum Gasteiger partial charge on any atom is 0.181 e. The predicted molar refractivity (Wildman–Crippen MR) is 55.9 cm³/mol. The van der Waals surface area contributed by atoms with Crippen LogP contribution >= 0.6 is 34.8 Å². The smallest absolute Gasteiger partial charge is 0.181 e. The fourth-order valence-electron chi connectivity index (χ4n) is 0.918. The van der Waals surface area contributed by atoms with E-state index in [9.17, 15) is 4.79 Å². The van der Waals surface area contributed by atoms with Gasteiger partial charge in [0.15, 0.2) is 5.78 Å². The number of nitrogens with two attached hydrogens (primary N) is 1. The number of benzene rings is 1. The molecule has 0 unspecified atom stereocenters. The number of halogens is 3. The number of rotatable bonds is 2. The van der Waals surface area contributed by atoms with Crippen molar-refractivity contribution in [1.82, 2.24) is 0 Å². The lowest BCUT2D eigenvalue weighted by Crippen LogP contribution is -2.06. The molecule has 0 aliphatic heterocycles. The Morgan fingerprint density at radius 2 is 1.85 bits per heavy atom. The molecular formula is C8H6Cl3NO. The van der Waals surface area contributed by atoms with Gasteiger partial charge >= 0.3 is 0 Å². The van der Waals surface area contributed by atoms with Crippen molar-refractivity contribution < 1.29 is 4.79 Å². The Kier molecular flexibility index (Phi) is 3.42. The molecule has 0 amide bonds. The SMILES string of the molecule is Nc1c(Cl)ccc(Cl)c1C(=O)CCl. The zero-order chi connectivity index (χ0) is 10.0. The molecule has 0 atom stereocenters. The fourth-order valence-corrected chi connectivity index (χ4v) is 1.48. The highest BCUT2D eigenvalue weighted by molar-refractivity contribution is 6.40. The van der Waals surface area contributed by atoms with Gasteiger partial charge in [0, 0.05) is 0 Å². The molecule has 1 aromatic carbocycles. The molecule has 0 spiro atoms. The molecule has 1 rings (SSSR count). The Labute approximate surface area is 90.6 Å². The quantitative estimate of drug-likeness (QED) is 0.489. The molecule has 0 aliphatic carbocycles. The summed E-state index contributed by atoms with van der Waals surface area (Å²) in [6, 6.07) is 3.05. The van der Waals surface area contributed by atoms with Crippen LogP contribution in [0.4, 0.5) is 5.69 Å². The van der Waals surface area contributed by atoms with Crippen LogP contribution in [0.1, 0.15) is 10.4 Å². The Bertz CT molecular complexity index is 351. The number of nitrogen functional groups attached to an aromatic ring is 1. The molecular weight excluding hydrogens is 232 g/mol. The molecule has 13 heavy (non-hydrogen) atoms. The Balaban J connectivity index is 3.33. The normalized spacial score (nSPS) is 10.1. The number of alkyl halides is 1. The second-order valence-corrected chi connectivity index (χ2v) is 3.46. The summed E-state index contributed by atoms with van der Waals surface area (Å²) >= 11 is 16.8. The van der Waals surface area contributed by atoms with E-state index in [0.717, 1.165) is 0 Å². The maximum absolute atomic E-state index is 11.3. The molecule has 2 nitrogen and oxygen atoms in total. The summed E-state index contributed by atoms with van der Waals surface area (Å²) in [4.78, 5) is 11.3. The first-order valence-electron chi connectivity index (χ1n) is 3.40. The van der Waals surface area contributed by atoms with Crippen molar-refractivity contribution in [2.45, 2.75) is 0 Å². The third-order valence-electron chi connectivity index (χ3n) is 1.54. The van der Waals surface area contributed by atoms with Gasteiger partial charge in [-0.3, -0.25) is 4.79 Å². The van der Waals surface area contributed by atoms with Crippen LogP contribution in [0.25, 0.3) is 0 Å². The average molecular weight is 239 g/mol. The molecule has 0 fully saturated rings. The molecule has 0 heterocycles. The van der Waals surface area contributed by atoms with E-state index in [1.54, 1.807) is 0 Å². The number of hydrogen-bond donors (Lipinski definition) is 1. The van der Waals surface area contributed by atoms with E-state index in [1.807, 2.05) is 0 Å². The van der Waals surface area contributed by atoms with E-state index in [1.165, 1.54) is 12.1 Å². The largest absolute Gasteiger partial charge is 0.397 e. The first kappa shape index (κ1) is 10.6. The van der Waals surface area contributed by atoms with Crippen molar-refractivity contribution in [2.24, 2.45) is 0 Å². The van der Waals surface area contributed by atoms with Crippen molar-refractivity contribution in [3.63, 3.8) is 0 Å². The number of ketones is 1. The van der Waals surface area contributed by atoms with Gasteiger partial charge in [-0.05, 0) is 12.1 Å². The number of Topliss-reactive ketones (excluding diaryl/α,β-unsaturated/α-hetero) is 1. The molecule has 5 heteroatoms. The highest BCUT2D eigenvalue weighted by atomic mass is 35.5. The Morgan fingerprint density at radius 3 is 2.38 bits per heavy atom. The summed E-state index contributed by atoms with van der Waals surface area (Å²) in [6.45, 7) is 0. The van der Waals surface area contributed by atoms with Crippen LogP contribution in [-0.2, 0) is 0 Å². The fraction of sp³-hybridized carbons (Fsp3) is 0.125. The van der Waals surface area contributed by atoms with Crippen LogP contribution < -0.4 is 5.73 Å². The molecule has 0 bridgehead atoms. The van der Waals surface area contributed by atoms with E-state index in [2.05, 4.69) is 0 Å². The first-order chi connectivity index (χ1) is 6.07. The number of hydrogen-bond acceptors (Lipinski definition) is 2. The highest BCUT2D eigenvalue weighted by Crippen LogP contribution is 2.29. The minimum Gasteiger partial charge on any atom is -0.397 e. The van der Waals surface area contributed by atoms with Crippen LogP contribution in [0.5, 0.6) is 0 Å². The van der Waals surface area contributed by atoms with Crippen LogP contribution in [0.3, 0.4) is 0 Å². The second kappa shape index (κ2) is 4.18. The van der Waals surface area contributed by atoms with Gasteiger partial charge < -0.3 is 5.73 Å². The van der Waals surface area contributed by atoms with E-state index in [4.69, 9.17) is 40.5 Å². The third-order valence-corrected chi connectivity index (χ3v) is 2.43. The molecule has 70 valence electrons. The van der Waals surface area contributed by atoms with Gasteiger partial charge in [-0.15, -0.1) is 11.6 Å². The zero-order valence-electron chi connectivity index (χ0n) is 6.48. The number of carbonyl (C=O) groups is 1. The summed E-state index contributed by atoms with van der Waals surface area (Å²) in [5, 5.41) is 0.574. The Morgan fingerprint density at radius 1 is 1.31 bits per heavy atom. The van der Waals surface area contributed by atoms with Crippen molar-refractivity contribution in [3.05, 3.63) is 27.7 Å². The topological polar surface area (TPSA) is 43.1 Å². The molecule has 0 radical (unpaired) electrons. The minimum atomic E-state index is -0.327. The molecule has 0 aromatic heterocycles. The number of carbonyl (C=O) groups excluding carboxylic acids is 1. The van der Waals surface area contributed by atoms with Gasteiger partial charge in [-0.1, -0.05) is 23.2 Å². The lowest BCUT2D eigenvalue weighted by molar-refractivity contribution is 0.102. The summed E-state index contributed by atoms with van der Waals surface area (Å²) in [6.07, 6.45) is 0. The molecule has 0 aliphatic rings. The minimum absolute atomic E-state index is 0.162. The monoisotopic (exact) mass is 237 g/mol. The standard InChI is InChI=1S/C8H6Cl3NO/c9-3-6(13)7-4(10)1-2-5(11)8(7)12/h1-2H,3,12H2. The van der Waals surface area contributed by atoms with E-state index >= 15 is 0 Å².